The summed E-state index contributed by atoms with van der Waals surface area (Å²) in [5, 5.41) is 5.34. The highest BCUT2D eigenvalue weighted by molar-refractivity contribution is 7.10. The van der Waals surface area contributed by atoms with Gasteiger partial charge >= 0.3 is 5.97 Å². The van der Waals surface area contributed by atoms with Crippen molar-refractivity contribution in [3.8, 4) is 0 Å². The van der Waals surface area contributed by atoms with Crippen LogP contribution in [0.4, 0.5) is 4.39 Å². The molecule has 7 heteroatoms. The highest BCUT2D eigenvalue weighted by atomic mass is 32.1. The molecule has 0 amide bonds. The van der Waals surface area contributed by atoms with E-state index in [0.29, 0.717) is 41.9 Å². The van der Waals surface area contributed by atoms with Crippen LogP contribution in [0.1, 0.15) is 55.9 Å². The predicted molar refractivity (Wildman–Crippen MR) is 125 cm³/mol. The summed E-state index contributed by atoms with van der Waals surface area (Å²) < 4.78 is 24.6. The Morgan fingerprint density at radius 1 is 1.18 bits per heavy atom. The largest absolute Gasteiger partial charge is 0.460 e. The van der Waals surface area contributed by atoms with Crippen LogP contribution in [0.3, 0.4) is 0 Å². The number of esters is 1. The van der Waals surface area contributed by atoms with E-state index in [1.165, 1.54) is 17.0 Å². The average Bonchev–Trinajstić information content (AvgIpc) is 3.31. The minimum atomic E-state index is -0.600. The van der Waals surface area contributed by atoms with Gasteiger partial charge in [0.15, 0.2) is 5.78 Å². The molecular formula is C26H28FNO4S. The van der Waals surface area contributed by atoms with Gasteiger partial charge in [0.2, 0.25) is 0 Å². The van der Waals surface area contributed by atoms with Crippen LogP contribution in [0.2, 0.25) is 0 Å². The van der Waals surface area contributed by atoms with Crippen molar-refractivity contribution in [2.75, 3.05) is 13.2 Å². The lowest BCUT2D eigenvalue weighted by Gasteiger charge is -2.36. The Balaban J connectivity index is 1.67. The minimum absolute atomic E-state index is 0.00239. The molecule has 0 saturated carbocycles. The number of carbonyl (C=O) groups excluding carboxylic acids is 2. The van der Waals surface area contributed by atoms with Crippen LogP contribution >= 0.6 is 11.3 Å². The number of allylic oxidation sites excluding steroid dienone is 3. The quantitative estimate of drug-likeness (QED) is 0.445. The Kier molecular flexibility index (Phi) is 7.10. The second-order valence-corrected chi connectivity index (χ2v) is 9.62. The molecule has 0 spiro atoms. The van der Waals surface area contributed by atoms with Gasteiger partial charge in [0.25, 0.3) is 0 Å². The Morgan fingerprint density at radius 2 is 1.94 bits per heavy atom. The predicted octanol–water partition coefficient (Wildman–Crippen LogP) is 5.22. The van der Waals surface area contributed by atoms with Gasteiger partial charge in [-0.25, -0.2) is 9.18 Å². The van der Waals surface area contributed by atoms with E-state index in [4.69, 9.17) is 9.47 Å². The fourth-order valence-electron chi connectivity index (χ4n) is 4.52. The molecule has 33 heavy (non-hydrogen) atoms. The summed E-state index contributed by atoms with van der Waals surface area (Å²) in [5.74, 6) is -1.37. The second kappa shape index (κ2) is 10.0. The van der Waals surface area contributed by atoms with Crippen molar-refractivity contribution in [3.63, 3.8) is 0 Å². The summed E-state index contributed by atoms with van der Waals surface area (Å²) >= 11 is 1.65. The third-order valence-corrected chi connectivity index (χ3v) is 7.00. The molecule has 0 bridgehead atoms. The molecule has 2 aromatic rings. The number of carbonyl (C=O) groups is 2. The zero-order valence-corrected chi connectivity index (χ0v) is 19.8. The number of rotatable bonds is 7. The topological polar surface area (TPSA) is 64.6 Å². The number of ether oxygens (including phenoxy) is 2. The van der Waals surface area contributed by atoms with Gasteiger partial charge in [0.05, 0.1) is 18.3 Å². The molecule has 0 radical (unpaired) electrons. The Bertz CT molecular complexity index is 1090. The number of Topliss-reactive ketones (excluding diaryl/α,β-unsaturated/α-hetero) is 1. The van der Waals surface area contributed by atoms with Crippen molar-refractivity contribution in [3.05, 3.63) is 80.6 Å². The first kappa shape index (κ1) is 23.4. The summed E-state index contributed by atoms with van der Waals surface area (Å²) in [7, 11) is 0. The summed E-state index contributed by atoms with van der Waals surface area (Å²) in [6, 6.07) is 10.0. The lowest BCUT2D eigenvalue weighted by molar-refractivity contribution is -0.141. The third-order valence-electron chi connectivity index (χ3n) is 5.96. The van der Waals surface area contributed by atoms with Crippen LogP contribution in [0.25, 0.3) is 0 Å². The molecule has 1 aromatic carbocycles. The fourth-order valence-corrected chi connectivity index (χ4v) is 5.35. The van der Waals surface area contributed by atoms with Crippen LogP contribution in [-0.4, -0.2) is 31.1 Å². The molecule has 0 fully saturated rings. The van der Waals surface area contributed by atoms with E-state index in [0.717, 1.165) is 5.70 Å². The van der Waals surface area contributed by atoms with E-state index in [9.17, 15) is 14.0 Å². The van der Waals surface area contributed by atoms with E-state index in [1.807, 2.05) is 32.2 Å². The lowest BCUT2D eigenvalue weighted by atomic mass is 9.72. The van der Waals surface area contributed by atoms with Crippen LogP contribution in [0.5, 0.6) is 0 Å². The number of nitrogens with one attached hydrogen (secondary N) is 1. The van der Waals surface area contributed by atoms with Crippen LogP contribution in [-0.2, 0) is 19.1 Å². The zero-order chi connectivity index (χ0) is 23.5. The summed E-state index contributed by atoms with van der Waals surface area (Å²) in [6.45, 7) is 6.05. The van der Waals surface area contributed by atoms with Crippen molar-refractivity contribution in [2.45, 2.75) is 51.6 Å². The number of thiophene rings is 1. The van der Waals surface area contributed by atoms with Crippen LogP contribution in [0.15, 0.2) is 64.3 Å². The van der Waals surface area contributed by atoms with E-state index in [1.54, 1.807) is 23.5 Å². The molecule has 2 heterocycles. The molecule has 1 aromatic heterocycles. The standard InChI is InChI=1S/C26H28FNO4S/c1-15(2)31-10-11-32-26(30)23-16(3)28-20-13-18(22-5-4-12-33-22)14-21(29)25(20)24(23)17-6-8-19(27)9-7-17/h4-9,12,15,18,24,28H,10-11,13-14H2,1-3H3/t18-,24+/m0/s1. The molecule has 0 unspecified atom stereocenters. The zero-order valence-electron chi connectivity index (χ0n) is 19.0. The number of hydrogen-bond acceptors (Lipinski definition) is 6. The maximum absolute atomic E-state index is 13.7. The van der Waals surface area contributed by atoms with Gasteiger partial charge in [0.1, 0.15) is 12.4 Å². The third kappa shape index (κ3) is 5.09. The number of benzene rings is 1. The summed E-state index contributed by atoms with van der Waals surface area (Å²) in [6.07, 6.45) is 1.10. The van der Waals surface area contributed by atoms with Gasteiger partial charge < -0.3 is 14.8 Å². The molecule has 174 valence electrons. The molecule has 1 N–H and O–H groups in total. The fraction of sp³-hybridized carbons (Fsp3) is 0.385. The first-order chi connectivity index (χ1) is 15.8. The lowest BCUT2D eigenvalue weighted by Crippen LogP contribution is -2.36. The van der Waals surface area contributed by atoms with Gasteiger partial charge in [-0.2, -0.15) is 0 Å². The molecule has 1 aliphatic heterocycles. The number of dihydropyridines is 1. The molecule has 5 nitrogen and oxygen atoms in total. The van der Waals surface area contributed by atoms with Crippen molar-refractivity contribution in [1.29, 1.82) is 0 Å². The molecule has 0 saturated heterocycles. The van der Waals surface area contributed by atoms with Gasteiger partial charge in [0, 0.05) is 40.1 Å². The molecule has 2 aliphatic rings. The highest BCUT2D eigenvalue weighted by Crippen LogP contribution is 2.46. The van der Waals surface area contributed by atoms with E-state index < -0.39 is 11.9 Å². The van der Waals surface area contributed by atoms with Gasteiger partial charge in [-0.15, -0.1) is 11.3 Å². The maximum Gasteiger partial charge on any atom is 0.336 e. The van der Waals surface area contributed by atoms with Crippen molar-refractivity contribution >= 4 is 23.1 Å². The van der Waals surface area contributed by atoms with Gasteiger partial charge in [-0.3, -0.25) is 4.79 Å². The summed E-state index contributed by atoms with van der Waals surface area (Å²) in [5.41, 5.74) is 3.13. The Morgan fingerprint density at radius 3 is 2.61 bits per heavy atom. The molecule has 1 aliphatic carbocycles. The van der Waals surface area contributed by atoms with Gasteiger partial charge in [-0.1, -0.05) is 18.2 Å². The average molecular weight is 470 g/mol. The van der Waals surface area contributed by atoms with Crippen molar-refractivity contribution < 1.29 is 23.5 Å². The van der Waals surface area contributed by atoms with E-state index in [2.05, 4.69) is 11.4 Å². The monoisotopic (exact) mass is 469 g/mol. The van der Waals surface area contributed by atoms with E-state index >= 15 is 0 Å². The smallest absolute Gasteiger partial charge is 0.336 e. The van der Waals surface area contributed by atoms with Gasteiger partial charge in [-0.05, 0) is 56.3 Å². The minimum Gasteiger partial charge on any atom is -0.460 e. The first-order valence-corrected chi connectivity index (χ1v) is 12.0. The van der Waals surface area contributed by atoms with Crippen molar-refractivity contribution in [1.82, 2.24) is 5.32 Å². The summed E-state index contributed by atoms with van der Waals surface area (Å²) in [4.78, 5) is 27.8. The highest BCUT2D eigenvalue weighted by Gasteiger charge is 2.41. The van der Waals surface area contributed by atoms with E-state index in [-0.39, 0.29) is 30.2 Å². The maximum atomic E-state index is 13.7. The SMILES string of the molecule is CC1=C(C(=O)OCCOC(C)C)[C@@H](c2ccc(F)cc2)C2=C(C[C@H](c3cccs3)CC2=O)N1. The number of ketones is 1. The number of halogens is 1. The second-order valence-electron chi connectivity index (χ2n) is 8.64. The molecule has 2 atom stereocenters. The van der Waals surface area contributed by atoms with Crippen LogP contribution in [0, 0.1) is 5.82 Å². The number of hydrogen-bond donors (Lipinski definition) is 1. The van der Waals surface area contributed by atoms with Crippen LogP contribution < -0.4 is 5.32 Å². The molecule has 4 rings (SSSR count). The Hall–Kier alpha value is -2.77. The molecular weight excluding hydrogens is 441 g/mol. The van der Waals surface area contributed by atoms with Crippen molar-refractivity contribution in [2.24, 2.45) is 0 Å². The Labute approximate surface area is 197 Å². The first-order valence-electron chi connectivity index (χ1n) is 11.2. The normalized spacial score (nSPS) is 20.7.